The number of nitrogens with one attached hydrogen (secondary N) is 2. The summed E-state index contributed by atoms with van der Waals surface area (Å²) in [5, 5.41) is 14.6. The molecule has 1 aromatic carbocycles. The van der Waals surface area contributed by atoms with Gasteiger partial charge in [-0.05, 0) is 51.3 Å². The van der Waals surface area contributed by atoms with E-state index in [9.17, 15) is 8.78 Å². The van der Waals surface area contributed by atoms with Gasteiger partial charge < -0.3 is 15.4 Å². The van der Waals surface area contributed by atoms with E-state index in [-0.39, 0.29) is 17.3 Å². The van der Waals surface area contributed by atoms with Crippen molar-refractivity contribution in [3.8, 4) is 6.07 Å². The number of fused-ring (bicyclic) bond motifs is 1. The molecule has 33 heavy (non-hydrogen) atoms. The van der Waals surface area contributed by atoms with Gasteiger partial charge in [0.25, 0.3) is 0 Å². The molecular formula is C23H22F4N4OS. The average Bonchev–Trinajstić information content (AvgIpc) is 3.13. The summed E-state index contributed by atoms with van der Waals surface area (Å²) >= 11 is 5.12. The van der Waals surface area contributed by atoms with Gasteiger partial charge in [0.2, 0.25) is 0 Å². The van der Waals surface area contributed by atoms with Crippen LogP contribution in [0.2, 0.25) is 0 Å². The molecule has 5 nitrogen and oxygen atoms in total. The fourth-order valence-corrected chi connectivity index (χ4v) is 4.74. The number of thiocarbonyl (C=S) groups is 1. The molecule has 1 fully saturated rings. The molecule has 1 aromatic heterocycles. The molecule has 0 saturated carbocycles. The zero-order valence-electron chi connectivity index (χ0n) is 18.2. The van der Waals surface area contributed by atoms with Gasteiger partial charge in [0.1, 0.15) is 33.8 Å². The summed E-state index contributed by atoms with van der Waals surface area (Å²) in [6.45, 7) is 3.29. The molecule has 2 heterocycles. The van der Waals surface area contributed by atoms with E-state index in [0.717, 1.165) is 18.6 Å². The Balaban J connectivity index is 1.76. The molecule has 0 bridgehead atoms. The number of nitriles is 1. The Morgan fingerprint density at radius 2 is 1.94 bits per heavy atom. The van der Waals surface area contributed by atoms with Crippen LogP contribution in [0.1, 0.15) is 55.6 Å². The molecule has 1 aliphatic heterocycles. The lowest BCUT2D eigenvalue weighted by molar-refractivity contribution is -0.216. The van der Waals surface area contributed by atoms with Gasteiger partial charge in [-0.15, -0.1) is 0 Å². The third kappa shape index (κ3) is 3.73. The van der Waals surface area contributed by atoms with Crippen molar-refractivity contribution in [2.24, 2.45) is 0 Å². The maximum absolute atomic E-state index is 15.7. The second-order valence-electron chi connectivity index (χ2n) is 8.97. The van der Waals surface area contributed by atoms with E-state index in [4.69, 9.17) is 22.2 Å². The number of hydrogen-bond donors (Lipinski definition) is 2. The predicted octanol–water partition coefficient (Wildman–Crippen LogP) is 4.91. The van der Waals surface area contributed by atoms with Crippen molar-refractivity contribution in [1.29, 1.82) is 5.26 Å². The normalized spacial score (nSPS) is 25.5. The van der Waals surface area contributed by atoms with Gasteiger partial charge in [-0.25, -0.2) is 17.6 Å². The molecule has 1 aliphatic carbocycles. The van der Waals surface area contributed by atoms with Crippen LogP contribution in [0, 0.1) is 23.0 Å². The van der Waals surface area contributed by atoms with Crippen molar-refractivity contribution in [2.45, 2.75) is 56.7 Å². The van der Waals surface area contributed by atoms with E-state index in [1.807, 2.05) is 6.07 Å². The number of ether oxygens (including phenoxy) is 1. The second kappa shape index (κ2) is 7.92. The Hall–Kier alpha value is -2.77. The minimum atomic E-state index is -3.62. The number of pyridine rings is 1. The van der Waals surface area contributed by atoms with Crippen molar-refractivity contribution in [3.63, 3.8) is 0 Å². The monoisotopic (exact) mass is 478 g/mol. The molecule has 0 spiro atoms. The smallest absolute Gasteiger partial charge is 0.302 e. The van der Waals surface area contributed by atoms with Gasteiger partial charge in [-0.2, -0.15) is 5.26 Å². The third-order valence-corrected chi connectivity index (χ3v) is 6.65. The summed E-state index contributed by atoms with van der Waals surface area (Å²) in [7, 11) is 0. The highest BCUT2D eigenvalue weighted by Crippen LogP contribution is 2.49. The van der Waals surface area contributed by atoms with Crippen LogP contribution in [0.15, 0.2) is 24.4 Å². The molecule has 174 valence electrons. The Morgan fingerprint density at radius 1 is 1.21 bits per heavy atom. The summed E-state index contributed by atoms with van der Waals surface area (Å²) < 4.78 is 66.4. The van der Waals surface area contributed by atoms with Crippen LogP contribution in [-0.4, -0.2) is 28.1 Å². The zero-order chi connectivity index (χ0) is 24.2. The van der Waals surface area contributed by atoms with Crippen molar-refractivity contribution in [2.75, 3.05) is 11.9 Å². The maximum atomic E-state index is 15.7. The molecule has 2 N–H and O–H groups in total. The Labute approximate surface area is 194 Å². The van der Waals surface area contributed by atoms with Crippen LogP contribution in [0.3, 0.4) is 0 Å². The fraction of sp³-hybridized carbons (Fsp3) is 0.435. The summed E-state index contributed by atoms with van der Waals surface area (Å²) in [4.78, 5) is 4.29. The standard InChI is InChI=1S/C23H22F4N4OS/c1-21(2)23(26,27)22(3,31-19(33)11-32-21)14-7-18(16(25)8-15(14)24)30-17-5-4-13-6-12(9-28)10-29-20(13)17/h6-8,10,17,30H,4-5,11H2,1-3H3,(H,31,33). The highest BCUT2D eigenvalue weighted by atomic mass is 32.1. The number of rotatable bonds is 3. The molecule has 10 heteroatoms. The SMILES string of the molecule is CC1(C)OCC(=S)NC(C)(c2cc(NC3CCc4cc(C#N)cnc43)c(F)cc2F)C1(F)F. The molecule has 2 aliphatic rings. The molecule has 0 radical (unpaired) electrons. The summed E-state index contributed by atoms with van der Waals surface area (Å²) in [5.41, 5.74) is -2.95. The van der Waals surface area contributed by atoms with Gasteiger partial charge in [0.05, 0.1) is 29.6 Å². The van der Waals surface area contributed by atoms with Crippen LogP contribution in [0.25, 0.3) is 0 Å². The third-order valence-electron chi connectivity index (χ3n) is 6.43. The van der Waals surface area contributed by atoms with E-state index in [0.29, 0.717) is 30.2 Å². The fourth-order valence-electron chi connectivity index (χ4n) is 4.47. The van der Waals surface area contributed by atoms with Gasteiger partial charge in [0, 0.05) is 17.8 Å². The lowest BCUT2D eigenvalue weighted by Crippen LogP contribution is -2.62. The highest BCUT2D eigenvalue weighted by Gasteiger charge is 2.64. The molecule has 1 saturated heterocycles. The molecule has 2 aromatic rings. The second-order valence-corrected chi connectivity index (χ2v) is 9.47. The Bertz CT molecular complexity index is 1180. The summed E-state index contributed by atoms with van der Waals surface area (Å²) in [6.07, 6.45) is 2.59. The first kappa shape index (κ1) is 23.4. The number of benzene rings is 1. The molecule has 2 unspecified atom stereocenters. The van der Waals surface area contributed by atoms with Gasteiger partial charge in [-0.1, -0.05) is 12.2 Å². The van der Waals surface area contributed by atoms with Crippen LogP contribution >= 0.6 is 12.2 Å². The number of alkyl halides is 2. The number of hydrogen-bond acceptors (Lipinski definition) is 5. The van der Waals surface area contributed by atoms with Crippen LogP contribution in [0.5, 0.6) is 0 Å². The highest BCUT2D eigenvalue weighted by molar-refractivity contribution is 7.80. The minimum Gasteiger partial charge on any atom is -0.374 e. The average molecular weight is 479 g/mol. The first-order chi connectivity index (χ1) is 15.4. The number of aryl methyl sites for hydroxylation is 1. The van der Waals surface area contributed by atoms with Crippen molar-refractivity contribution >= 4 is 22.9 Å². The number of aromatic nitrogens is 1. The molecule has 0 amide bonds. The first-order valence-electron chi connectivity index (χ1n) is 10.4. The first-order valence-corrected chi connectivity index (χ1v) is 10.8. The number of halogens is 4. The van der Waals surface area contributed by atoms with E-state index in [2.05, 4.69) is 15.6 Å². The topological polar surface area (TPSA) is 70.0 Å². The van der Waals surface area contributed by atoms with E-state index in [1.165, 1.54) is 20.0 Å². The minimum absolute atomic E-state index is 0.0109. The zero-order valence-corrected chi connectivity index (χ0v) is 19.0. The van der Waals surface area contributed by atoms with E-state index < -0.39 is 40.3 Å². The summed E-state index contributed by atoms with van der Waals surface area (Å²) in [6, 6.07) is 4.96. The van der Waals surface area contributed by atoms with E-state index >= 15 is 8.78 Å². The quantitative estimate of drug-likeness (QED) is 0.483. The van der Waals surface area contributed by atoms with Gasteiger partial charge in [0.15, 0.2) is 0 Å². The van der Waals surface area contributed by atoms with Crippen LogP contribution < -0.4 is 10.6 Å². The van der Waals surface area contributed by atoms with Crippen LogP contribution in [-0.2, 0) is 16.7 Å². The van der Waals surface area contributed by atoms with E-state index in [1.54, 1.807) is 6.07 Å². The van der Waals surface area contributed by atoms with Crippen molar-refractivity contribution < 1.29 is 22.3 Å². The molecular weight excluding hydrogens is 456 g/mol. The Kier molecular flexibility index (Phi) is 5.61. The van der Waals surface area contributed by atoms with Gasteiger partial charge >= 0.3 is 5.92 Å². The largest absolute Gasteiger partial charge is 0.374 e. The number of anilines is 1. The predicted molar refractivity (Wildman–Crippen MR) is 118 cm³/mol. The molecule has 2 atom stereocenters. The lowest BCUT2D eigenvalue weighted by atomic mass is 9.77. The molecule has 4 rings (SSSR count). The van der Waals surface area contributed by atoms with Crippen molar-refractivity contribution in [3.05, 3.63) is 58.4 Å². The van der Waals surface area contributed by atoms with Crippen LogP contribution in [0.4, 0.5) is 23.2 Å². The van der Waals surface area contributed by atoms with Crippen molar-refractivity contribution in [1.82, 2.24) is 10.3 Å². The Morgan fingerprint density at radius 3 is 2.64 bits per heavy atom. The number of nitrogens with zero attached hydrogens (tertiary/aromatic N) is 2. The lowest BCUT2D eigenvalue weighted by Gasteiger charge is -2.44. The summed E-state index contributed by atoms with van der Waals surface area (Å²) in [5.74, 6) is -5.67. The maximum Gasteiger partial charge on any atom is 0.302 e. The van der Waals surface area contributed by atoms with Gasteiger partial charge in [-0.3, -0.25) is 4.98 Å².